The Kier molecular flexibility index (Phi) is 3.08. The highest BCUT2D eigenvalue weighted by atomic mass is 79.9. The molecule has 2 fully saturated rings. The quantitative estimate of drug-likeness (QED) is 0.861. The lowest BCUT2D eigenvalue weighted by atomic mass is 10.0. The molecule has 3 heterocycles. The van der Waals surface area contributed by atoms with E-state index >= 15 is 0 Å². The monoisotopic (exact) mass is 348 g/mol. The summed E-state index contributed by atoms with van der Waals surface area (Å²) in [7, 11) is 0. The summed E-state index contributed by atoms with van der Waals surface area (Å²) in [6, 6.07) is 5.85. The number of nitrogens with one attached hydrogen (secondary N) is 1. The molecule has 4 rings (SSSR count). The van der Waals surface area contributed by atoms with Crippen LogP contribution in [0.25, 0.3) is 11.0 Å². The minimum atomic E-state index is 0.0363. The standard InChI is InChI=1S/C16H17BrN2O2/c1-9-13-4-12(17)2-3-14(13)21-15(9)16(20)19-7-10-5-18-6-11(10)8-19/h2-4,10-11,18H,5-8H2,1H3/t10-,11+. The van der Waals surface area contributed by atoms with Crippen molar-refractivity contribution in [2.45, 2.75) is 6.92 Å². The van der Waals surface area contributed by atoms with Crippen LogP contribution < -0.4 is 5.32 Å². The summed E-state index contributed by atoms with van der Waals surface area (Å²) in [5, 5.41) is 4.40. The molecule has 4 nitrogen and oxygen atoms in total. The minimum Gasteiger partial charge on any atom is -0.451 e. The summed E-state index contributed by atoms with van der Waals surface area (Å²) in [5.74, 6) is 1.74. The van der Waals surface area contributed by atoms with Crippen molar-refractivity contribution < 1.29 is 9.21 Å². The van der Waals surface area contributed by atoms with Gasteiger partial charge in [0.25, 0.3) is 5.91 Å². The predicted molar refractivity (Wildman–Crippen MR) is 84.4 cm³/mol. The van der Waals surface area contributed by atoms with E-state index < -0.39 is 0 Å². The molecule has 0 spiro atoms. The Morgan fingerprint density at radius 2 is 2.05 bits per heavy atom. The number of furan rings is 1. The second-order valence-electron chi connectivity index (χ2n) is 6.09. The van der Waals surface area contributed by atoms with Gasteiger partial charge in [0.2, 0.25) is 0 Å². The van der Waals surface area contributed by atoms with Gasteiger partial charge in [-0.3, -0.25) is 4.79 Å². The van der Waals surface area contributed by atoms with E-state index in [-0.39, 0.29) is 5.91 Å². The van der Waals surface area contributed by atoms with Gasteiger partial charge in [-0.2, -0.15) is 0 Å². The highest BCUT2D eigenvalue weighted by Crippen LogP contribution is 2.32. The van der Waals surface area contributed by atoms with Crippen LogP contribution in [-0.2, 0) is 0 Å². The van der Waals surface area contributed by atoms with Crippen LogP contribution in [0.4, 0.5) is 0 Å². The number of nitrogens with zero attached hydrogens (tertiary/aromatic N) is 1. The molecule has 1 N–H and O–H groups in total. The third-order valence-corrected chi connectivity index (χ3v) is 5.26. The van der Waals surface area contributed by atoms with Crippen LogP contribution in [0.3, 0.4) is 0 Å². The first-order valence-electron chi connectivity index (χ1n) is 7.32. The third-order valence-electron chi connectivity index (χ3n) is 4.77. The average molecular weight is 349 g/mol. The van der Waals surface area contributed by atoms with Crippen LogP contribution in [-0.4, -0.2) is 37.0 Å². The number of halogens is 1. The van der Waals surface area contributed by atoms with E-state index in [0.717, 1.165) is 47.2 Å². The van der Waals surface area contributed by atoms with Crippen molar-refractivity contribution in [3.05, 3.63) is 34.0 Å². The number of carbonyl (C=O) groups excluding carboxylic acids is 1. The van der Waals surface area contributed by atoms with Gasteiger partial charge < -0.3 is 14.6 Å². The molecule has 0 aliphatic carbocycles. The van der Waals surface area contributed by atoms with Crippen molar-refractivity contribution in [1.82, 2.24) is 10.2 Å². The van der Waals surface area contributed by atoms with E-state index in [1.54, 1.807) is 0 Å². The largest absolute Gasteiger partial charge is 0.451 e. The maximum atomic E-state index is 12.8. The van der Waals surface area contributed by atoms with Gasteiger partial charge in [0.15, 0.2) is 5.76 Å². The molecule has 0 bridgehead atoms. The Morgan fingerprint density at radius 3 is 2.76 bits per heavy atom. The Balaban J connectivity index is 1.67. The lowest BCUT2D eigenvalue weighted by molar-refractivity contribution is 0.0751. The fourth-order valence-corrected chi connectivity index (χ4v) is 3.92. The van der Waals surface area contributed by atoms with Crippen molar-refractivity contribution in [3.63, 3.8) is 0 Å². The van der Waals surface area contributed by atoms with E-state index in [4.69, 9.17) is 4.42 Å². The molecular weight excluding hydrogens is 332 g/mol. The fourth-order valence-electron chi connectivity index (χ4n) is 3.56. The lowest BCUT2D eigenvalue weighted by Crippen LogP contribution is -2.31. The Bertz CT molecular complexity index is 712. The summed E-state index contributed by atoms with van der Waals surface area (Å²) in [4.78, 5) is 14.7. The molecule has 110 valence electrons. The second-order valence-corrected chi connectivity index (χ2v) is 7.00. The number of carbonyl (C=O) groups is 1. The number of fused-ring (bicyclic) bond motifs is 2. The summed E-state index contributed by atoms with van der Waals surface area (Å²) in [5.41, 5.74) is 1.71. The molecule has 1 amide bonds. The highest BCUT2D eigenvalue weighted by molar-refractivity contribution is 9.10. The average Bonchev–Trinajstić information content (AvgIpc) is 3.12. The zero-order chi connectivity index (χ0) is 14.6. The summed E-state index contributed by atoms with van der Waals surface area (Å²) in [6.07, 6.45) is 0. The maximum Gasteiger partial charge on any atom is 0.289 e. The van der Waals surface area contributed by atoms with Crippen LogP contribution >= 0.6 is 15.9 Å². The first-order chi connectivity index (χ1) is 10.1. The normalized spacial score (nSPS) is 24.8. The summed E-state index contributed by atoms with van der Waals surface area (Å²) >= 11 is 3.47. The molecular formula is C16H17BrN2O2. The number of likely N-dealkylation sites (tertiary alicyclic amines) is 1. The number of rotatable bonds is 1. The van der Waals surface area contributed by atoms with Gasteiger partial charge in [-0.05, 0) is 37.0 Å². The van der Waals surface area contributed by atoms with Crippen LogP contribution in [0.1, 0.15) is 16.1 Å². The number of hydrogen-bond donors (Lipinski definition) is 1. The fraction of sp³-hybridized carbons (Fsp3) is 0.438. The van der Waals surface area contributed by atoms with Gasteiger partial charge >= 0.3 is 0 Å². The van der Waals surface area contributed by atoms with Gasteiger partial charge in [-0.15, -0.1) is 0 Å². The third kappa shape index (κ3) is 2.10. The molecule has 1 aromatic carbocycles. The SMILES string of the molecule is Cc1c(C(=O)N2C[C@H]3CNC[C@H]3C2)oc2ccc(Br)cc12. The van der Waals surface area contributed by atoms with Crippen LogP contribution in [0, 0.1) is 18.8 Å². The van der Waals surface area contributed by atoms with Crippen molar-refractivity contribution >= 4 is 32.8 Å². The van der Waals surface area contributed by atoms with Crippen LogP contribution in [0.5, 0.6) is 0 Å². The first kappa shape index (κ1) is 13.3. The van der Waals surface area contributed by atoms with E-state index in [1.165, 1.54) is 0 Å². The molecule has 5 heteroatoms. The zero-order valence-corrected chi connectivity index (χ0v) is 13.4. The topological polar surface area (TPSA) is 45.5 Å². The molecule has 2 aromatic rings. The second kappa shape index (κ2) is 4.85. The van der Waals surface area contributed by atoms with Gasteiger partial charge in [0.1, 0.15) is 5.58 Å². The molecule has 2 saturated heterocycles. The van der Waals surface area contributed by atoms with E-state index in [1.807, 2.05) is 30.0 Å². The maximum absolute atomic E-state index is 12.8. The number of benzene rings is 1. The molecule has 21 heavy (non-hydrogen) atoms. The zero-order valence-electron chi connectivity index (χ0n) is 11.9. The van der Waals surface area contributed by atoms with Crippen LogP contribution in [0.15, 0.2) is 27.1 Å². The van der Waals surface area contributed by atoms with E-state index in [0.29, 0.717) is 17.6 Å². The molecule has 2 aliphatic heterocycles. The van der Waals surface area contributed by atoms with Gasteiger partial charge in [-0.25, -0.2) is 0 Å². The Hall–Kier alpha value is -1.33. The molecule has 1 aromatic heterocycles. The van der Waals surface area contributed by atoms with E-state index in [9.17, 15) is 4.79 Å². The minimum absolute atomic E-state index is 0.0363. The van der Waals surface area contributed by atoms with Gasteiger partial charge in [0, 0.05) is 41.6 Å². The molecule has 0 unspecified atom stereocenters. The van der Waals surface area contributed by atoms with Gasteiger partial charge in [-0.1, -0.05) is 15.9 Å². The molecule has 0 radical (unpaired) electrons. The van der Waals surface area contributed by atoms with Crippen molar-refractivity contribution in [2.24, 2.45) is 11.8 Å². The summed E-state index contributed by atoms with van der Waals surface area (Å²) < 4.78 is 6.82. The lowest BCUT2D eigenvalue weighted by Gasteiger charge is -2.16. The predicted octanol–water partition coefficient (Wildman–Crippen LogP) is 2.80. The Morgan fingerprint density at radius 1 is 1.33 bits per heavy atom. The Labute approximate surface area is 131 Å². The first-order valence-corrected chi connectivity index (χ1v) is 8.11. The highest BCUT2D eigenvalue weighted by Gasteiger charge is 2.39. The number of hydrogen-bond acceptors (Lipinski definition) is 3. The number of amides is 1. The smallest absolute Gasteiger partial charge is 0.289 e. The molecule has 2 aliphatic rings. The summed E-state index contributed by atoms with van der Waals surface area (Å²) in [6.45, 7) is 5.71. The van der Waals surface area contributed by atoms with Crippen molar-refractivity contribution in [3.8, 4) is 0 Å². The van der Waals surface area contributed by atoms with E-state index in [2.05, 4.69) is 21.2 Å². The molecule has 2 atom stereocenters. The van der Waals surface area contributed by atoms with Crippen molar-refractivity contribution in [2.75, 3.05) is 26.2 Å². The van der Waals surface area contributed by atoms with Crippen LogP contribution in [0.2, 0.25) is 0 Å². The number of aryl methyl sites for hydroxylation is 1. The van der Waals surface area contributed by atoms with Gasteiger partial charge in [0.05, 0.1) is 0 Å². The van der Waals surface area contributed by atoms with Crippen molar-refractivity contribution in [1.29, 1.82) is 0 Å². The molecule has 0 saturated carbocycles.